The Labute approximate surface area is 169 Å². The van der Waals surface area contributed by atoms with Crippen molar-refractivity contribution in [2.45, 2.75) is 25.9 Å². The van der Waals surface area contributed by atoms with E-state index in [1.165, 1.54) is 5.56 Å². The molecule has 1 unspecified atom stereocenters. The minimum absolute atomic E-state index is 0.262. The highest BCUT2D eigenvalue weighted by Gasteiger charge is 2.23. The maximum atomic E-state index is 12.6. The highest BCUT2D eigenvalue weighted by Crippen LogP contribution is 2.19. The summed E-state index contributed by atoms with van der Waals surface area (Å²) in [6.45, 7) is 4.72. The van der Waals surface area contributed by atoms with Crippen LogP contribution in [0.4, 0.5) is 5.82 Å². The summed E-state index contributed by atoms with van der Waals surface area (Å²) in [5, 5.41) is 4.20. The molecule has 4 rings (SSSR count). The van der Waals surface area contributed by atoms with Gasteiger partial charge in [-0.2, -0.15) is 4.98 Å². The number of nitrogens with zero attached hydrogens (tertiary/aromatic N) is 3. The molecule has 1 aliphatic rings. The normalized spacial score (nSPS) is 17.0. The number of anilines is 1. The zero-order valence-electron chi connectivity index (χ0n) is 15.8. The lowest BCUT2D eigenvalue weighted by atomic mass is 10.2. The van der Waals surface area contributed by atoms with Crippen LogP contribution >= 0.6 is 11.6 Å². The summed E-state index contributed by atoms with van der Waals surface area (Å²) >= 11 is 6.08. The van der Waals surface area contributed by atoms with E-state index in [1.54, 1.807) is 4.57 Å². The molecule has 1 atom stereocenters. The van der Waals surface area contributed by atoms with Gasteiger partial charge in [-0.15, -0.1) is 0 Å². The van der Waals surface area contributed by atoms with Gasteiger partial charge in [-0.3, -0.25) is 9.47 Å². The molecule has 5 nitrogen and oxygen atoms in total. The number of nitrogens with one attached hydrogen (secondary N) is 1. The van der Waals surface area contributed by atoms with Crippen molar-refractivity contribution in [3.63, 3.8) is 0 Å². The molecule has 28 heavy (non-hydrogen) atoms. The van der Waals surface area contributed by atoms with Gasteiger partial charge in [0.05, 0.1) is 5.69 Å². The number of benzene rings is 2. The van der Waals surface area contributed by atoms with Crippen molar-refractivity contribution in [1.29, 1.82) is 0 Å². The molecule has 0 radical (unpaired) electrons. The van der Waals surface area contributed by atoms with E-state index < -0.39 is 0 Å². The predicted octanol–water partition coefficient (Wildman–Crippen LogP) is 3.88. The summed E-state index contributed by atoms with van der Waals surface area (Å²) in [4.78, 5) is 19.2. The fourth-order valence-corrected chi connectivity index (χ4v) is 3.97. The molecule has 2 heterocycles. The van der Waals surface area contributed by atoms with Gasteiger partial charge < -0.3 is 5.32 Å². The quantitative estimate of drug-likeness (QED) is 0.713. The van der Waals surface area contributed by atoms with Crippen LogP contribution < -0.4 is 11.0 Å². The first kappa shape index (κ1) is 18.7. The number of rotatable bonds is 5. The standard InChI is InChI=1S/C22H23ClN4O/c1-16-12-21(25-22(28)27(16)20-8-3-2-4-9-20)24-19-10-11-26(15-19)14-17-6-5-7-18(23)13-17/h2-9,12-13,19H,10-11,14-15H2,1H3,(H,24,25,28). The third kappa shape index (κ3) is 4.26. The van der Waals surface area contributed by atoms with E-state index in [1.807, 2.05) is 61.5 Å². The Hall–Kier alpha value is -2.63. The SMILES string of the molecule is Cc1cc(NC2CCN(Cc3cccc(Cl)c3)C2)nc(=O)n1-c1ccccc1. The first-order valence-electron chi connectivity index (χ1n) is 9.48. The topological polar surface area (TPSA) is 50.2 Å². The van der Waals surface area contributed by atoms with Gasteiger partial charge in [0.15, 0.2) is 0 Å². The van der Waals surface area contributed by atoms with E-state index in [0.717, 1.165) is 42.5 Å². The van der Waals surface area contributed by atoms with Crippen LogP contribution in [0.25, 0.3) is 5.69 Å². The molecule has 1 N–H and O–H groups in total. The average molecular weight is 395 g/mol. The molecule has 1 aliphatic heterocycles. The number of hydrogen-bond donors (Lipinski definition) is 1. The van der Waals surface area contributed by atoms with E-state index in [2.05, 4.69) is 21.3 Å². The third-order valence-corrected chi connectivity index (χ3v) is 5.27. The van der Waals surface area contributed by atoms with Crippen molar-refractivity contribution in [3.05, 3.63) is 87.4 Å². The number of hydrogen-bond acceptors (Lipinski definition) is 4. The lowest BCUT2D eigenvalue weighted by Gasteiger charge is -2.18. The first-order chi connectivity index (χ1) is 13.6. The fraction of sp³-hybridized carbons (Fsp3) is 0.273. The first-order valence-corrected chi connectivity index (χ1v) is 9.86. The van der Waals surface area contributed by atoms with Gasteiger partial charge in [-0.05, 0) is 43.2 Å². The number of halogens is 1. The highest BCUT2D eigenvalue weighted by molar-refractivity contribution is 6.30. The molecular weight excluding hydrogens is 372 g/mol. The number of aromatic nitrogens is 2. The Morgan fingerprint density at radius 2 is 1.96 bits per heavy atom. The van der Waals surface area contributed by atoms with Gasteiger partial charge in [0.1, 0.15) is 5.82 Å². The van der Waals surface area contributed by atoms with Crippen molar-refractivity contribution in [2.75, 3.05) is 18.4 Å². The van der Waals surface area contributed by atoms with Crippen LogP contribution in [0.1, 0.15) is 17.7 Å². The molecule has 0 bridgehead atoms. The summed E-state index contributed by atoms with van der Waals surface area (Å²) in [5.41, 5.74) is 2.65. The second-order valence-corrected chi connectivity index (χ2v) is 7.67. The molecule has 1 saturated heterocycles. The molecule has 0 spiro atoms. The van der Waals surface area contributed by atoms with Crippen LogP contribution in [0.2, 0.25) is 5.02 Å². The Morgan fingerprint density at radius 3 is 2.71 bits per heavy atom. The van der Waals surface area contributed by atoms with Gasteiger partial charge >= 0.3 is 5.69 Å². The van der Waals surface area contributed by atoms with Crippen LogP contribution in [0.5, 0.6) is 0 Å². The van der Waals surface area contributed by atoms with Gasteiger partial charge in [0, 0.05) is 42.5 Å². The van der Waals surface area contributed by atoms with Crippen LogP contribution in [0.15, 0.2) is 65.5 Å². The lowest BCUT2D eigenvalue weighted by molar-refractivity contribution is 0.328. The van der Waals surface area contributed by atoms with Gasteiger partial charge in [-0.1, -0.05) is 41.9 Å². The van der Waals surface area contributed by atoms with Crippen molar-refractivity contribution in [1.82, 2.24) is 14.5 Å². The van der Waals surface area contributed by atoms with Crippen LogP contribution in [-0.4, -0.2) is 33.6 Å². The summed E-state index contributed by atoms with van der Waals surface area (Å²) in [6.07, 6.45) is 1.02. The maximum Gasteiger partial charge on any atom is 0.354 e. The molecule has 6 heteroatoms. The van der Waals surface area contributed by atoms with Gasteiger partial charge in [0.2, 0.25) is 0 Å². The van der Waals surface area contributed by atoms with Crippen molar-refractivity contribution in [3.8, 4) is 5.69 Å². The minimum Gasteiger partial charge on any atom is -0.366 e. The molecule has 0 aliphatic carbocycles. The van der Waals surface area contributed by atoms with E-state index in [9.17, 15) is 4.79 Å². The Kier molecular flexibility index (Phi) is 5.46. The zero-order chi connectivity index (χ0) is 19.5. The smallest absolute Gasteiger partial charge is 0.354 e. The molecule has 3 aromatic rings. The minimum atomic E-state index is -0.262. The van der Waals surface area contributed by atoms with E-state index in [0.29, 0.717) is 5.82 Å². The van der Waals surface area contributed by atoms with E-state index in [-0.39, 0.29) is 11.7 Å². The summed E-state index contributed by atoms with van der Waals surface area (Å²) < 4.78 is 1.63. The summed E-state index contributed by atoms with van der Waals surface area (Å²) in [7, 11) is 0. The molecule has 0 saturated carbocycles. The Bertz CT molecular complexity index is 1020. The van der Waals surface area contributed by atoms with Gasteiger partial charge in [-0.25, -0.2) is 4.79 Å². The fourth-order valence-electron chi connectivity index (χ4n) is 3.76. The van der Waals surface area contributed by atoms with E-state index in [4.69, 9.17) is 11.6 Å². The average Bonchev–Trinajstić information content (AvgIpc) is 3.09. The van der Waals surface area contributed by atoms with Crippen LogP contribution in [0, 0.1) is 6.92 Å². The Balaban J connectivity index is 1.43. The highest BCUT2D eigenvalue weighted by atomic mass is 35.5. The molecular formula is C22H23ClN4O. The second kappa shape index (κ2) is 8.17. The summed E-state index contributed by atoms with van der Waals surface area (Å²) in [5.74, 6) is 0.643. The van der Waals surface area contributed by atoms with Crippen LogP contribution in [-0.2, 0) is 6.54 Å². The van der Waals surface area contributed by atoms with E-state index >= 15 is 0 Å². The van der Waals surface area contributed by atoms with Crippen molar-refractivity contribution < 1.29 is 0 Å². The molecule has 1 fully saturated rings. The predicted molar refractivity (Wildman–Crippen MR) is 113 cm³/mol. The number of likely N-dealkylation sites (tertiary alicyclic amines) is 1. The zero-order valence-corrected chi connectivity index (χ0v) is 16.6. The monoisotopic (exact) mass is 394 g/mol. The number of para-hydroxylation sites is 1. The summed E-state index contributed by atoms with van der Waals surface area (Å²) in [6, 6.07) is 19.8. The van der Waals surface area contributed by atoms with Crippen LogP contribution in [0.3, 0.4) is 0 Å². The van der Waals surface area contributed by atoms with Crippen molar-refractivity contribution >= 4 is 17.4 Å². The number of aryl methyl sites for hydroxylation is 1. The largest absolute Gasteiger partial charge is 0.366 e. The molecule has 2 aromatic carbocycles. The molecule has 144 valence electrons. The molecule has 0 amide bonds. The maximum absolute atomic E-state index is 12.6. The Morgan fingerprint density at radius 1 is 1.14 bits per heavy atom. The molecule has 1 aromatic heterocycles. The van der Waals surface area contributed by atoms with Gasteiger partial charge in [0.25, 0.3) is 0 Å². The van der Waals surface area contributed by atoms with Crippen molar-refractivity contribution in [2.24, 2.45) is 0 Å². The second-order valence-electron chi connectivity index (χ2n) is 7.23. The lowest BCUT2D eigenvalue weighted by Crippen LogP contribution is -2.29. The third-order valence-electron chi connectivity index (χ3n) is 5.04.